The minimum atomic E-state index is -0.939. The van der Waals surface area contributed by atoms with Crippen molar-refractivity contribution in [2.75, 3.05) is 13.7 Å². The molecule has 0 saturated carbocycles. The minimum Gasteiger partial charge on any atom is -0.480 e. The van der Waals surface area contributed by atoms with E-state index >= 15 is 0 Å². The van der Waals surface area contributed by atoms with Crippen molar-refractivity contribution in [3.63, 3.8) is 0 Å². The van der Waals surface area contributed by atoms with E-state index in [2.05, 4.69) is 10.3 Å². The molecule has 0 spiro atoms. The first kappa shape index (κ1) is 12.4. The van der Waals surface area contributed by atoms with Crippen LogP contribution in [0.1, 0.15) is 24.2 Å². The van der Waals surface area contributed by atoms with Gasteiger partial charge in [-0.05, 0) is 26.0 Å². The Morgan fingerprint density at radius 3 is 2.88 bits per heavy atom. The molecule has 5 heteroatoms. The van der Waals surface area contributed by atoms with Crippen molar-refractivity contribution in [2.24, 2.45) is 0 Å². The van der Waals surface area contributed by atoms with Crippen LogP contribution < -0.4 is 10.1 Å². The van der Waals surface area contributed by atoms with Gasteiger partial charge in [-0.3, -0.25) is 4.79 Å². The van der Waals surface area contributed by atoms with Crippen molar-refractivity contribution in [1.82, 2.24) is 10.3 Å². The third kappa shape index (κ3) is 3.51. The summed E-state index contributed by atoms with van der Waals surface area (Å²) in [5.74, 6) is -0.0391. The minimum absolute atomic E-state index is 0.171. The summed E-state index contributed by atoms with van der Waals surface area (Å²) in [7, 11) is 1.45. The van der Waals surface area contributed by atoms with Crippen LogP contribution in [-0.2, 0) is 0 Å². The van der Waals surface area contributed by atoms with Gasteiger partial charge in [-0.2, -0.15) is 0 Å². The summed E-state index contributed by atoms with van der Waals surface area (Å²) in [6.07, 6.45) is 1.55. The van der Waals surface area contributed by atoms with Gasteiger partial charge in [0.05, 0.1) is 12.7 Å². The highest BCUT2D eigenvalue weighted by molar-refractivity contribution is 5.96. The van der Waals surface area contributed by atoms with E-state index in [1.807, 2.05) is 0 Å². The Morgan fingerprint density at radius 2 is 2.31 bits per heavy atom. The van der Waals surface area contributed by atoms with E-state index in [1.54, 1.807) is 32.2 Å². The largest absolute Gasteiger partial charge is 0.480 e. The van der Waals surface area contributed by atoms with Crippen molar-refractivity contribution in [1.29, 1.82) is 0 Å². The van der Waals surface area contributed by atoms with E-state index < -0.39 is 5.60 Å². The number of pyridine rings is 1. The maximum absolute atomic E-state index is 11.7. The van der Waals surface area contributed by atoms with Gasteiger partial charge >= 0.3 is 0 Å². The normalized spacial score (nSPS) is 11.0. The zero-order valence-electron chi connectivity index (χ0n) is 9.65. The van der Waals surface area contributed by atoms with E-state index in [-0.39, 0.29) is 18.3 Å². The first-order valence-corrected chi connectivity index (χ1v) is 4.93. The molecule has 5 nitrogen and oxygen atoms in total. The van der Waals surface area contributed by atoms with Crippen LogP contribution in [0.4, 0.5) is 0 Å². The molecule has 0 bridgehead atoms. The Bertz CT molecular complexity index is 372. The maximum Gasteiger partial charge on any atom is 0.256 e. The highest BCUT2D eigenvalue weighted by Crippen LogP contribution is 2.13. The Hall–Kier alpha value is -1.62. The summed E-state index contributed by atoms with van der Waals surface area (Å²) in [4.78, 5) is 15.6. The van der Waals surface area contributed by atoms with Crippen LogP contribution in [0.5, 0.6) is 5.88 Å². The van der Waals surface area contributed by atoms with Gasteiger partial charge in [0.25, 0.3) is 5.91 Å². The van der Waals surface area contributed by atoms with Gasteiger partial charge in [0.1, 0.15) is 5.56 Å². The number of methoxy groups -OCH3 is 1. The topological polar surface area (TPSA) is 71.5 Å². The van der Waals surface area contributed by atoms with Crippen LogP contribution >= 0.6 is 0 Å². The molecule has 0 aliphatic carbocycles. The Morgan fingerprint density at radius 1 is 1.62 bits per heavy atom. The number of nitrogens with one attached hydrogen (secondary N) is 1. The number of amides is 1. The van der Waals surface area contributed by atoms with Crippen molar-refractivity contribution in [3.05, 3.63) is 23.9 Å². The van der Waals surface area contributed by atoms with Crippen LogP contribution in [-0.4, -0.2) is 35.3 Å². The molecule has 0 aliphatic rings. The van der Waals surface area contributed by atoms with E-state index in [1.165, 1.54) is 7.11 Å². The average molecular weight is 224 g/mol. The first-order chi connectivity index (χ1) is 7.44. The quantitative estimate of drug-likeness (QED) is 0.785. The number of carbonyl (C=O) groups excluding carboxylic acids is 1. The van der Waals surface area contributed by atoms with Gasteiger partial charge in [-0.25, -0.2) is 4.98 Å². The third-order valence-electron chi connectivity index (χ3n) is 1.89. The summed E-state index contributed by atoms with van der Waals surface area (Å²) in [6.45, 7) is 3.41. The fourth-order valence-electron chi connectivity index (χ4n) is 1.12. The van der Waals surface area contributed by atoms with Gasteiger partial charge in [-0.15, -0.1) is 0 Å². The molecule has 2 N–H and O–H groups in total. The second-order valence-corrected chi connectivity index (χ2v) is 4.06. The lowest BCUT2D eigenvalue weighted by atomic mass is 10.1. The molecule has 1 amide bonds. The maximum atomic E-state index is 11.7. The van der Waals surface area contributed by atoms with Crippen molar-refractivity contribution >= 4 is 5.91 Å². The van der Waals surface area contributed by atoms with Crippen molar-refractivity contribution < 1.29 is 14.6 Å². The van der Waals surface area contributed by atoms with Crippen LogP contribution in [0.15, 0.2) is 18.3 Å². The number of ether oxygens (including phenoxy) is 1. The summed E-state index contributed by atoms with van der Waals surface area (Å²) in [5, 5.41) is 12.1. The highest BCUT2D eigenvalue weighted by Gasteiger charge is 2.17. The smallest absolute Gasteiger partial charge is 0.256 e. The van der Waals surface area contributed by atoms with Crippen molar-refractivity contribution in [3.8, 4) is 5.88 Å². The first-order valence-electron chi connectivity index (χ1n) is 4.93. The number of rotatable bonds is 4. The molecule has 1 heterocycles. The molecule has 0 radical (unpaired) electrons. The third-order valence-corrected chi connectivity index (χ3v) is 1.89. The van der Waals surface area contributed by atoms with Gasteiger partial charge < -0.3 is 15.2 Å². The molecule has 1 rings (SSSR count). The van der Waals surface area contributed by atoms with E-state index in [4.69, 9.17) is 4.74 Å². The number of hydrogen-bond donors (Lipinski definition) is 2. The molecule has 0 saturated heterocycles. The van der Waals surface area contributed by atoms with E-state index in [0.717, 1.165) is 0 Å². The van der Waals surface area contributed by atoms with E-state index in [0.29, 0.717) is 5.56 Å². The lowest BCUT2D eigenvalue weighted by Crippen LogP contribution is -2.38. The summed E-state index contributed by atoms with van der Waals surface area (Å²) < 4.78 is 4.96. The standard InChI is InChI=1S/C11H16N2O3/c1-11(2,15)7-13-9(14)8-5-4-6-12-10(8)16-3/h4-6,15H,7H2,1-3H3,(H,13,14). The molecule has 0 atom stereocenters. The van der Waals surface area contributed by atoms with Gasteiger partial charge in [0.15, 0.2) is 0 Å². The second kappa shape index (κ2) is 4.94. The lowest BCUT2D eigenvalue weighted by molar-refractivity contribution is 0.0692. The van der Waals surface area contributed by atoms with Crippen molar-refractivity contribution in [2.45, 2.75) is 19.4 Å². The van der Waals surface area contributed by atoms with E-state index in [9.17, 15) is 9.90 Å². The number of carbonyl (C=O) groups is 1. The van der Waals surface area contributed by atoms with Crippen LogP contribution in [0.2, 0.25) is 0 Å². The summed E-state index contributed by atoms with van der Waals surface area (Å²) in [6, 6.07) is 3.27. The highest BCUT2D eigenvalue weighted by atomic mass is 16.5. The number of aliphatic hydroxyl groups is 1. The molecule has 16 heavy (non-hydrogen) atoms. The van der Waals surface area contributed by atoms with Gasteiger partial charge in [-0.1, -0.05) is 0 Å². The lowest BCUT2D eigenvalue weighted by Gasteiger charge is -2.17. The number of hydrogen-bond acceptors (Lipinski definition) is 4. The Labute approximate surface area is 94.5 Å². The fraction of sp³-hybridized carbons (Fsp3) is 0.455. The van der Waals surface area contributed by atoms with Gasteiger partial charge in [0.2, 0.25) is 5.88 Å². The molecule has 0 aliphatic heterocycles. The molecule has 0 fully saturated rings. The summed E-state index contributed by atoms with van der Waals surface area (Å²) >= 11 is 0. The SMILES string of the molecule is COc1ncccc1C(=O)NCC(C)(C)O. The van der Waals surface area contributed by atoms with Crippen LogP contribution in [0.3, 0.4) is 0 Å². The van der Waals surface area contributed by atoms with Crippen LogP contribution in [0.25, 0.3) is 0 Å². The zero-order valence-corrected chi connectivity index (χ0v) is 9.65. The van der Waals surface area contributed by atoms with Gasteiger partial charge in [0, 0.05) is 12.7 Å². The molecular formula is C11H16N2O3. The molecular weight excluding hydrogens is 208 g/mol. The molecule has 0 unspecified atom stereocenters. The summed E-state index contributed by atoms with van der Waals surface area (Å²) in [5.41, 5.74) is -0.584. The molecule has 88 valence electrons. The zero-order chi connectivity index (χ0) is 12.2. The number of aromatic nitrogens is 1. The average Bonchev–Trinajstić information content (AvgIpc) is 2.25. The fourth-order valence-corrected chi connectivity index (χ4v) is 1.12. The second-order valence-electron chi connectivity index (χ2n) is 4.06. The van der Waals surface area contributed by atoms with Crippen LogP contribution in [0, 0.1) is 0 Å². The monoisotopic (exact) mass is 224 g/mol. The Balaban J connectivity index is 2.73. The predicted molar refractivity (Wildman–Crippen MR) is 59.4 cm³/mol. The molecule has 1 aromatic rings. The molecule has 1 aromatic heterocycles. The predicted octanol–water partition coefficient (Wildman–Crippen LogP) is 0.591. The Kier molecular flexibility index (Phi) is 3.84. The number of nitrogens with zero attached hydrogens (tertiary/aromatic N) is 1. The molecule has 0 aromatic carbocycles.